The molecule has 0 atom stereocenters. The van der Waals surface area contributed by atoms with Gasteiger partial charge in [-0.15, -0.1) is 0 Å². The fourth-order valence-corrected chi connectivity index (χ4v) is 7.27. The molecular formula is C45H62N2. The lowest BCUT2D eigenvalue weighted by Crippen LogP contribution is -1.98. The summed E-state index contributed by atoms with van der Waals surface area (Å²) < 4.78 is 0. The first-order chi connectivity index (χ1) is 22.8. The minimum atomic E-state index is 0.863. The van der Waals surface area contributed by atoms with Crippen LogP contribution in [0.1, 0.15) is 139 Å². The molecule has 2 heteroatoms. The number of aryl methyl sites for hydroxylation is 6. The summed E-state index contributed by atoms with van der Waals surface area (Å²) in [5, 5.41) is 0. The number of rotatable bonds is 20. The molecule has 0 amide bonds. The number of unbranched alkanes of at least 4 members (excludes halogenated alkanes) is 12. The van der Waals surface area contributed by atoms with Crippen LogP contribution in [0.5, 0.6) is 0 Å². The van der Waals surface area contributed by atoms with Crippen LogP contribution in [-0.2, 0) is 25.7 Å². The van der Waals surface area contributed by atoms with Gasteiger partial charge in [0.15, 0.2) is 0 Å². The Bertz CT molecular complexity index is 1340. The Balaban J connectivity index is 0.948. The number of hydrogen-bond donors (Lipinski definition) is 2. The SMILES string of the molecule is Cc1cc(N)cc(C)c1Cc1ccc(CCCCCCCCCCCCCCCc2ccc(Cc3c(C)cc(N)cc3C)cc2)cc1. The first kappa shape index (κ1) is 36.3. The molecule has 0 aromatic heterocycles. The van der Waals surface area contributed by atoms with E-state index < -0.39 is 0 Å². The summed E-state index contributed by atoms with van der Waals surface area (Å²) in [5.41, 5.74) is 27.5. The molecule has 0 spiro atoms. The van der Waals surface area contributed by atoms with Gasteiger partial charge in [0.05, 0.1) is 0 Å². The van der Waals surface area contributed by atoms with Crippen molar-refractivity contribution in [3.8, 4) is 0 Å². The van der Waals surface area contributed by atoms with Crippen LogP contribution in [0, 0.1) is 27.7 Å². The molecule has 0 unspecified atom stereocenters. The molecule has 4 aromatic rings. The maximum atomic E-state index is 6.00. The zero-order chi connectivity index (χ0) is 33.4. The van der Waals surface area contributed by atoms with E-state index in [9.17, 15) is 0 Å². The molecule has 4 N–H and O–H groups in total. The molecule has 0 saturated heterocycles. The summed E-state index contributed by atoms with van der Waals surface area (Å²) in [6, 6.07) is 27.0. The van der Waals surface area contributed by atoms with Gasteiger partial charge in [-0.2, -0.15) is 0 Å². The molecule has 4 rings (SSSR count). The number of nitrogens with two attached hydrogens (primary N) is 2. The fourth-order valence-electron chi connectivity index (χ4n) is 7.27. The lowest BCUT2D eigenvalue weighted by molar-refractivity contribution is 0.536. The average molecular weight is 631 g/mol. The van der Waals surface area contributed by atoms with Crippen molar-refractivity contribution in [2.24, 2.45) is 0 Å². The van der Waals surface area contributed by atoms with Gasteiger partial charge in [-0.05, 0) is 146 Å². The van der Waals surface area contributed by atoms with Crippen LogP contribution in [0.4, 0.5) is 11.4 Å². The van der Waals surface area contributed by atoms with Crippen molar-refractivity contribution in [2.45, 2.75) is 137 Å². The highest BCUT2D eigenvalue weighted by Gasteiger charge is 2.07. The summed E-state index contributed by atoms with van der Waals surface area (Å²) in [5.74, 6) is 0. The van der Waals surface area contributed by atoms with E-state index in [0.717, 1.165) is 24.2 Å². The topological polar surface area (TPSA) is 52.0 Å². The second-order valence-electron chi connectivity index (χ2n) is 14.3. The molecule has 0 bridgehead atoms. The Hall–Kier alpha value is -3.52. The maximum absolute atomic E-state index is 6.00. The van der Waals surface area contributed by atoms with E-state index in [-0.39, 0.29) is 0 Å². The van der Waals surface area contributed by atoms with E-state index in [4.69, 9.17) is 11.5 Å². The summed E-state index contributed by atoms with van der Waals surface area (Å²) >= 11 is 0. The third-order valence-corrected chi connectivity index (χ3v) is 10.2. The van der Waals surface area contributed by atoms with E-state index in [1.165, 1.54) is 152 Å². The van der Waals surface area contributed by atoms with Crippen LogP contribution in [0.2, 0.25) is 0 Å². The van der Waals surface area contributed by atoms with E-state index in [1.807, 2.05) is 0 Å². The summed E-state index contributed by atoms with van der Waals surface area (Å²) in [6.45, 7) is 8.68. The van der Waals surface area contributed by atoms with Gasteiger partial charge in [-0.3, -0.25) is 0 Å². The van der Waals surface area contributed by atoms with Crippen LogP contribution in [0.3, 0.4) is 0 Å². The van der Waals surface area contributed by atoms with Gasteiger partial charge in [-0.25, -0.2) is 0 Å². The van der Waals surface area contributed by atoms with Crippen LogP contribution in [0.15, 0.2) is 72.8 Å². The van der Waals surface area contributed by atoms with Crippen molar-refractivity contribution in [1.29, 1.82) is 0 Å². The summed E-state index contributed by atoms with van der Waals surface area (Å²) in [6.07, 6.45) is 22.4. The standard InChI is InChI=1S/C45H62N2/c1-34-28-42(46)29-35(2)44(34)32-40-24-20-38(21-25-40)18-16-14-12-10-8-6-5-7-9-11-13-15-17-19-39-22-26-41(27-23-39)33-45-36(3)30-43(47)31-37(45)4/h20-31H,5-19,32-33,46-47H2,1-4H3. The zero-order valence-electron chi connectivity index (χ0n) is 30.1. The van der Waals surface area contributed by atoms with Gasteiger partial charge in [0.1, 0.15) is 0 Å². The Morgan fingerprint density at radius 2 is 0.574 bits per heavy atom. The van der Waals surface area contributed by atoms with Crippen molar-refractivity contribution < 1.29 is 0 Å². The first-order valence-electron chi connectivity index (χ1n) is 18.7. The van der Waals surface area contributed by atoms with E-state index in [2.05, 4.69) is 100 Å². The highest BCUT2D eigenvalue weighted by Crippen LogP contribution is 2.24. The third-order valence-electron chi connectivity index (χ3n) is 10.2. The number of hydrogen-bond acceptors (Lipinski definition) is 2. The van der Waals surface area contributed by atoms with Crippen LogP contribution in [-0.4, -0.2) is 0 Å². The highest BCUT2D eigenvalue weighted by atomic mass is 14.5. The molecule has 0 aliphatic rings. The number of anilines is 2. The summed E-state index contributed by atoms with van der Waals surface area (Å²) in [4.78, 5) is 0. The first-order valence-corrected chi connectivity index (χ1v) is 18.7. The van der Waals surface area contributed by atoms with Gasteiger partial charge in [-0.1, -0.05) is 119 Å². The van der Waals surface area contributed by atoms with Gasteiger partial charge >= 0.3 is 0 Å². The van der Waals surface area contributed by atoms with Gasteiger partial charge < -0.3 is 11.5 Å². The lowest BCUT2D eigenvalue weighted by atomic mass is 9.94. The van der Waals surface area contributed by atoms with Crippen LogP contribution in [0.25, 0.3) is 0 Å². The maximum Gasteiger partial charge on any atom is 0.0319 e. The van der Waals surface area contributed by atoms with Crippen molar-refractivity contribution in [2.75, 3.05) is 11.5 Å². The molecule has 0 heterocycles. The predicted octanol–water partition coefficient (Wildman–Crippen LogP) is 12.1. The van der Waals surface area contributed by atoms with E-state index in [1.54, 1.807) is 0 Å². The Morgan fingerprint density at radius 1 is 0.340 bits per heavy atom. The van der Waals surface area contributed by atoms with Crippen molar-refractivity contribution in [3.05, 3.63) is 128 Å². The van der Waals surface area contributed by atoms with Gasteiger partial charge in [0.2, 0.25) is 0 Å². The molecule has 0 aliphatic heterocycles. The molecular weight excluding hydrogens is 569 g/mol. The smallest absolute Gasteiger partial charge is 0.0319 e. The molecule has 0 saturated carbocycles. The molecule has 2 nitrogen and oxygen atoms in total. The molecule has 0 radical (unpaired) electrons. The Kier molecular flexibility index (Phi) is 14.9. The minimum Gasteiger partial charge on any atom is -0.399 e. The van der Waals surface area contributed by atoms with E-state index in [0.29, 0.717) is 0 Å². The fraction of sp³-hybridized carbons (Fsp3) is 0.467. The zero-order valence-corrected chi connectivity index (χ0v) is 30.1. The number of benzene rings is 4. The van der Waals surface area contributed by atoms with Crippen LogP contribution >= 0.6 is 0 Å². The molecule has 252 valence electrons. The lowest BCUT2D eigenvalue weighted by Gasteiger charge is -2.12. The molecule has 0 fully saturated rings. The van der Waals surface area contributed by atoms with Crippen molar-refractivity contribution in [3.63, 3.8) is 0 Å². The molecule has 0 aliphatic carbocycles. The average Bonchev–Trinajstić information content (AvgIpc) is 3.04. The number of nitrogen functional groups attached to an aromatic ring is 2. The van der Waals surface area contributed by atoms with Gasteiger partial charge in [0, 0.05) is 11.4 Å². The molecule has 47 heavy (non-hydrogen) atoms. The van der Waals surface area contributed by atoms with Crippen LogP contribution < -0.4 is 11.5 Å². The second kappa shape index (κ2) is 19.3. The normalized spacial score (nSPS) is 11.3. The Labute approximate surface area is 287 Å². The van der Waals surface area contributed by atoms with Crippen molar-refractivity contribution >= 4 is 11.4 Å². The monoisotopic (exact) mass is 630 g/mol. The predicted molar refractivity (Wildman–Crippen MR) is 207 cm³/mol. The summed E-state index contributed by atoms with van der Waals surface area (Å²) in [7, 11) is 0. The quantitative estimate of drug-likeness (QED) is 0.0754. The Morgan fingerprint density at radius 3 is 0.851 bits per heavy atom. The van der Waals surface area contributed by atoms with Gasteiger partial charge in [0.25, 0.3) is 0 Å². The third kappa shape index (κ3) is 12.5. The highest BCUT2D eigenvalue weighted by molar-refractivity contribution is 5.51. The second-order valence-corrected chi connectivity index (χ2v) is 14.3. The molecule has 4 aromatic carbocycles. The minimum absolute atomic E-state index is 0.863. The largest absolute Gasteiger partial charge is 0.399 e. The van der Waals surface area contributed by atoms with Crippen molar-refractivity contribution in [1.82, 2.24) is 0 Å². The van der Waals surface area contributed by atoms with E-state index >= 15 is 0 Å².